The van der Waals surface area contributed by atoms with Crippen LogP contribution < -0.4 is 14.2 Å². The molecule has 4 rings (SSSR count). The van der Waals surface area contributed by atoms with Gasteiger partial charge in [0.25, 0.3) is 0 Å². The molecule has 1 aromatic heterocycles. The Hall–Kier alpha value is -3.85. The number of hydrogen-bond acceptors (Lipinski definition) is 6. The zero-order valence-electron chi connectivity index (χ0n) is 22.5. The summed E-state index contributed by atoms with van der Waals surface area (Å²) in [6.07, 6.45) is 2.72. The second-order valence-electron chi connectivity index (χ2n) is 10.3. The summed E-state index contributed by atoms with van der Waals surface area (Å²) >= 11 is 0. The lowest BCUT2D eigenvalue weighted by molar-refractivity contribution is 0.103. The summed E-state index contributed by atoms with van der Waals surface area (Å²) in [5.74, 6) is 1.97. The molecule has 6 heteroatoms. The van der Waals surface area contributed by atoms with E-state index in [0.29, 0.717) is 35.6 Å². The number of hydrogen-bond donors (Lipinski definition) is 0. The van der Waals surface area contributed by atoms with Crippen molar-refractivity contribution in [3.05, 3.63) is 81.5 Å². The molecule has 2 aromatic carbocycles. The van der Waals surface area contributed by atoms with Crippen molar-refractivity contribution in [1.82, 2.24) is 4.98 Å². The van der Waals surface area contributed by atoms with Gasteiger partial charge in [-0.05, 0) is 92.6 Å². The Morgan fingerprint density at radius 1 is 1.05 bits per heavy atom. The molecule has 3 aromatic rings. The van der Waals surface area contributed by atoms with Gasteiger partial charge in [-0.1, -0.05) is 13.8 Å². The van der Waals surface area contributed by atoms with Crippen LogP contribution in [0, 0.1) is 30.6 Å². The number of methoxy groups -OCH3 is 2. The lowest BCUT2D eigenvalue weighted by Crippen LogP contribution is -2.21. The van der Waals surface area contributed by atoms with Crippen molar-refractivity contribution >= 4 is 5.78 Å². The van der Waals surface area contributed by atoms with E-state index in [4.69, 9.17) is 19.2 Å². The molecular weight excluding hydrogens is 464 g/mol. The maximum atomic E-state index is 14.1. The smallest absolute Gasteiger partial charge is 0.217 e. The van der Waals surface area contributed by atoms with Crippen LogP contribution in [-0.2, 0) is 6.42 Å². The third kappa shape index (κ3) is 5.61. The van der Waals surface area contributed by atoms with Crippen LogP contribution >= 0.6 is 0 Å². The van der Waals surface area contributed by atoms with E-state index < -0.39 is 0 Å². The largest absolute Gasteiger partial charge is 0.497 e. The number of ketones is 1. The number of carbonyl (C=O) groups excluding carboxylic acids is 1. The van der Waals surface area contributed by atoms with Crippen LogP contribution in [-0.4, -0.2) is 31.6 Å². The monoisotopic (exact) mass is 498 g/mol. The first kappa shape index (κ1) is 26.2. The first-order chi connectivity index (χ1) is 17.7. The molecule has 0 N–H and O–H groups in total. The number of nitrogens with zero attached hydrogens (tertiary/aromatic N) is 2. The van der Waals surface area contributed by atoms with E-state index in [1.165, 1.54) is 0 Å². The maximum absolute atomic E-state index is 14.1. The van der Waals surface area contributed by atoms with Crippen LogP contribution in [0.15, 0.2) is 42.5 Å². The highest BCUT2D eigenvalue weighted by Gasteiger charge is 2.45. The third-order valence-electron chi connectivity index (χ3n) is 7.09. The van der Waals surface area contributed by atoms with Gasteiger partial charge in [0.15, 0.2) is 5.78 Å². The van der Waals surface area contributed by atoms with Gasteiger partial charge in [0.1, 0.15) is 11.5 Å². The SMILES string of the molecule is COc1ccc(OCC2(Cc3c(C)nc(OC)c(C(C)C)c3C(=O)c3cc(C)cc(C#N)c3)CC2)cc1. The Morgan fingerprint density at radius 2 is 1.73 bits per heavy atom. The molecule has 1 heterocycles. The molecule has 0 aliphatic heterocycles. The van der Waals surface area contributed by atoms with E-state index in [0.717, 1.165) is 46.7 Å². The molecule has 0 saturated heterocycles. The second-order valence-corrected chi connectivity index (χ2v) is 10.3. The highest BCUT2D eigenvalue weighted by Crippen LogP contribution is 2.50. The maximum Gasteiger partial charge on any atom is 0.217 e. The molecule has 1 saturated carbocycles. The third-order valence-corrected chi connectivity index (χ3v) is 7.09. The molecule has 1 aliphatic rings. The van der Waals surface area contributed by atoms with Crippen molar-refractivity contribution in [1.29, 1.82) is 5.26 Å². The average Bonchev–Trinajstić information content (AvgIpc) is 3.67. The van der Waals surface area contributed by atoms with Gasteiger partial charge in [0.05, 0.1) is 32.5 Å². The highest BCUT2D eigenvalue weighted by atomic mass is 16.5. The lowest BCUT2D eigenvalue weighted by atomic mass is 9.84. The minimum absolute atomic E-state index is 0.0201. The fourth-order valence-corrected chi connectivity index (χ4v) is 4.85. The average molecular weight is 499 g/mol. The molecule has 1 aliphatic carbocycles. The first-order valence-electron chi connectivity index (χ1n) is 12.6. The highest BCUT2D eigenvalue weighted by molar-refractivity contribution is 6.11. The van der Waals surface area contributed by atoms with Crippen molar-refractivity contribution in [2.45, 2.75) is 52.9 Å². The fourth-order valence-electron chi connectivity index (χ4n) is 4.85. The summed E-state index contributed by atoms with van der Waals surface area (Å²) in [5.41, 5.74) is 4.96. The number of rotatable bonds is 10. The van der Waals surface area contributed by atoms with Crippen LogP contribution in [0.3, 0.4) is 0 Å². The van der Waals surface area contributed by atoms with Gasteiger partial charge >= 0.3 is 0 Å². The van der Waals surface area contributed by atoms with E-state index in [1.807, 2.05) is 58.0 Å². The number of aryl methyl sites for hydroxylation is 2. The number of nitriles is 1. The Labute approximate surface area is 219 Å². The summed E-state index contributed by atoms with van der Waals surface area (Å²) < 4.78 is 17.1. The van der Waals surface area contributed by atoms with Gasteiger partial charge in [-0.2, -0.15) is 5.26 Å². The van der Waals surface area contributed by atoms with Gasteiger partial charge in [-0.3, -0.25) is 4.79 Å². The summed E-state index contributed by atoms with van der Waals surface area (Å²) in [6, 6.07) is 15.1. The standard InChI is InChI=1S/C31H34N2O4/c1-19(2)27-28(29(34)23-14-20(3)13-22(15-23)17-32)26(21(4)33-30(27)36-6)16-31(11-12-31)18-37-25-9-7-24(35-5)8-10-25/h7-10,13-15,19H,11-12,16,18H2,1-6H3. The van der Waals surface area contributed by atoms with Gasteiger partial charge in [-0.15, -0.1) is 0 Å². The quantitative estimate of drug-likeness (QED) is 0.303. The van der Waals surface area contributed by atoms with Gasteiger partial charge in [0.2, 0.25) is 5.88 Å². The molecule has 1 fully saturated rings. The number of carbonyl (C=O) groups is 1. The van der Waals surface area contributed by atoms with Crippen LogP contribution in [0.25, 0.3) is 0 Å². The predicted octanol–water partition coefficient (Wildman–Crippen LogP) is 6.34. The minimum atomic E-state index is -0.102. The normalized spacial score (nSPS) is 13.7. The van der Waals surface area contributed by atoms with Gasteiger partial charge in [0, 0.05) is 27.8 Å². The van der Waals surface area contributed by atoms with Crippen molar-refractivity contribution in [3.8, 4) is 23.4 Å². The zero-order chi connectivity index (χ0) is 26.7. The Balaban J connectivity index is 1.74. The van der Waals surface area contributed by atoms with E-state index >= 15 is 0 Å². The molecule has 0 unspecified atom stereocenters. The Bertz CT molecular complexity index is 1350. The van der Waals surface area contributed by atoms with Crippen LogP contribution in [0.2, 0.25) is 0 Å². The number of aromatic nitrogens is 1. The second kappa shape index (κ2) is 10.6. The summed E-state index contributed by atoms with van der Waals surface area (Å²) in [6.45, 7) is 8.49. The molecule has 0 radical (unpaired) electrons. The Kier molecular flexibility index (Phi) is 7.54. The molecule has 0 amide bonds. The fraction of sp³-hybridized carbons (Fsp3) is 0.387. The summed E-state index contributed by atoms with van der Waals surface area (Å²) in [7, 11) is 3.23. The van der Waals surface area contributed by atoms with Crippen LogP contribution in [0.4, 0.5) is 0 Å². The zero-order valence-corrected chi connectivity index (χ0v) is 22.5. The topological polar surface area (TPSA) is 81.4 Å². The molecule has 0 bridgehead atoms. The summed E-state index contributed by atoms with van der Waals surface area (Å²) in [5, 5.41) is 9.49. The van der Waals surface area contributed by atoms with Gasteiger partial charge in [-0.25, -0.2) is 4.98 Å². The van der Waals surface area contributed by atoms with Crippen LogP contribution in [0.1, 0.15) is 76.5 Å². The number of pyridine rings is 1. The number of ether oxygens (including phenoxy) is 3. The van der Waals surface area contributed by atoms with Crippen molar-refractivity contribution in [3.63, 3.8) is 0 Å². The molecule has 6 nitrogen and oxygen atoms in total. The summed E-state index contributed by atoms with van der Waals surface area (Å²) in [4.78, 5) is 18.9. The molecule has 192 valence electrons. The van der Waals surface area contributed by atoms with Crippen molar-refractivity contribution in [2.75, 3.05) is 20.8 Å². The first-order valence-corrected chi connectivity index (χ1v) is 12.6. The minimum Gasteiger partial charge on any atom is -0.497 e. The lowest BCUT2D eigenvalue weighted by Gasteiger charge is -2.24. The van der Waals surface area contributed by atoms with E-state index in [1.54, 1.807) is 26.4 Å². The van der Waals surface area contributed by atoms with Crippen molar-refractivity contribution in [2.24, 2.45) is 5.41 Å². The molecular formula is C31H34N2O4. The number of benzene rings is 2. The molecule has 37 heavy (non-hydrogen) atoms. The van der Waals surface area contributed by atoms with E-state index in [2.05, 4.69) is 6.07 Å². The van der Waals surface area contributed by atoms with Crippen LogP contribution in [0.5, 0.6) is 17.4 Å². The van der Waals surface area contributed by atoms with Gasteiger partial charge < -0.3 is 14.2 Å². The van der Waals surface area contributed by atoms with E-state index in [9.17, 15) is 10.1 Å². The van der Waals surface area contributed by atoms with Crippen molar-refractivity contribution < 1.29 is 19.0 Å². The van der Waals surface area contributed by atoms with E-state index in [-0.39, 0.29) is 17.1 Å². The predicted molar refractivity (Wildman–Crippen MR) is 143 cm³/mol. The molecule has 0 spiro atoms. The molecule has 0 atom stereocenters. The Morgan fingerprint density at radius 3 is 2.30 bits per heavy atom.